The van der Waals surface area contributed by atoms with E-state index in [1.807, 2.05) is 0 Å². The summed E-state index contributed by atoms with van der Waals surface area (Å²) in [6.07, 6.45) is 0.773. The highest BCUT2D eigenvalue weighted by molar-refractivity contribution is 5.86. The Labute approximate surface area is 105 Å². The van der Waals surface area contributed by atoms with Crippen LogP contribution in [0.25, 0.3) is 0 Å². The van der Waals surface area contributed by atoms with Gasteiger partial charge in [0.25, 0.3) is 0 Å². The molecule has 0 aromatic rings. The van der Waals surface area contributed by atoms with Crippen LogP contribution in [0.5, 0.6) is 0 Å². The number of ether oxygens (including phenoxy) is 1. The second kappa shape index (κ2) is 6.95. The second-order valence-electron chi connectivity index (χ2n) is 4.19. The van der Waals surface area contributed by atoms with E-state index in [9.17, 15) is 14.4 Å². The number of aliphatic carboxylic acids is 1. The van der Waals surface area contributed by atoms with Gasteiger partial charge in [0.15, 0.2) is 0 Å². The molecule has 102 valence electrons. The smallest absolute Gasteiger partial charge is 0.323 e. The maximum Gasteiger partial charge on any atom is 0.323 e. The highest BCUT2D eigenvalue weighted by Crippen LogP contribution is 2.14. The summed E-state index contributed by atoms with van der Waals surface area (Å²) >= 11 is 0. The molecule has 2 N–H and O–H groups in total. The molecule has 7 heteroatoms. The van der Waals surface area contributed by atoms with Crippen LogP contribution in [0.15, 0.2) is 0 Å². The minimum absolute atomic E-state index is 0.0688. The summed E-state index contributed by atoms with van der Waals surface area (Å²) in [5.74, 6) is -1.70. The van der Waals surface area contributed by atoms with Gasteiger partial charge < -0.3 is 20.1 Å². The zero-order valence-corrected chi connectivity index (χ0v) is 10.3. The largest absolute Gasteiger partial charge is 0.480 e. The molecule has 0 aromatic heterocycles. The number of piperidine rings is 1. The molecule has 0 radical (unpaired) electrons. The first kappa shape index (κ1) is 14.4. The van der Waals surface area contributed by atoms with E-state index in [-0.39, 0.29) is 44.0 Å². The van der Waals surface area contributed by atoms with Gasteiger partial charge in [0, 0.05) is 26.6 Å². The van der Waals surface area contributed by atoms with Gasteiger partial charge in [0.2, 0.25) is 11.8 Å². The Morgan fingerprint density at radius 3 is 2.78 bits per heavy atom. The molecular formula is C11H18N2O5. The van der Waals surface area contributed by atoms with E-state index in [0.29, 0.717) is 12.8 Å². The number of carbonyl (C=O) groups excluding carboxylic acids is 2. The predicted molar refractivity (Wildman–Crippen MR) is 61.8 cm³/mol. The molecule has 1 aliphatic heterocycles. The third-order valence-corrected chi connectivity index (χ3v) is 2.82. The molecule has 0 spiro atoms. The fraction of sp³-hybridized carbons (Fsp3) is 0.727. The Morgan fingerprint density at radius 1 is 1.56 bits per heavy atom. The first-order valence-corrected chi connectivity index (χ1v) is 5.80. The first-order valence-electron chi connectivity index (χ1n) is 5.80. The van der Waals surface area contributed by atoms with Gasteiger partial charge >= 0.3 is 5.97 Å². The lowest BCUT2D eigenvalue weighted by Crippen LogP contribution is -2.47. The van der Waals surface area contributed by atoms with Gasteiger partial charge in [-0.05, 0) is 6.42 Å². The van der Waals surface area contributed by atoms with E-state index in [0.717, 1.165) is 0 Å². The molecule has 0 aliphatic carbocycles. The average Bonchev–Trinajstić information content (AvgIpc) is 2.34. The van der Waals surface area contributed by atoms with Crippen molar-refractivity contribution in [2.75, 3.05) is 33.4 Å². The van der Waals surface area contributed by atoms with Crippen molar-refractivity contribution in [2.45, 2.75) is 12.8 Å². The second-order valence-corrected chi connectivity index (χ2v) is 4.19. The van der Waals surface area contributed by atoms with Crippen LogP contribution in [0.3, 0.4) is 0 Å². The predicted octanol–water partition coefficient (Wildman–Crippen LogP) is -0.928. The zero-order chi connectivity index (χ0) is 13.5. The number of carbonyl (C=O) groups is 3. The van der Waals surface area contributed by atoms with Crippen molar-refractivity contribution < 1.29 is 24.2 Å². The summed E-state index contributed by atoms with van der Waals surface area (Å²) in [6.45, 7) is 0.470. The van der Waals surface area contributed by atoms with Crippen LogP contribution in [0, 0.1) is 5.92 Å². The standard InChI is InChI=1S/C11H18N2O5/c1-18-5-4-13(7-10(15)16)11(17)8-2-3-9(14)12-6-8/h8H,2-7H2,1H3,(H,12,14)(H,15,16). The highest BCUT2D eigenvalue weighted by atomic mass is 16.5. The maximum atomic E-state index is 12.1. The normalized spacial score (nSPS) is 19.2. The van der Waals surface area contributed by atoms with Crippen molar-refractivity contribution in [3.63, 3.8) is 0 Å². The van der Waals surface area contributed by atoms with Gasteiger partial charge in [-0.15, -0.1) is 0 Å². The van der Waals surface area contributed by atoms with Crippen molar-refractivity contribution >= 4 is 17.8 Å². The van der Waals surface area contributed by atoms with Crippen molar-refractivity contribution in [1.29, 1.82) is 0 Å². The number of rotatable bonds is 6. The van der Waals surface area contributed by atoms with E-state index in [4.69, 9.17) is 9.84 Å². The molecule has 1 saturated heterocycles. The Kier molecular flexibility index (Phi) is 5.57. The number of amides is 2. The summed E-state index contributed by atoms with van der Waals surface area (Å²) in [7, 11) is 1.49. The zero-order valence-electron chi connectivity index (χ0n) is 10.3. The maximum absolute atomic E-state index is 12.1. The lowest BCUT2D eigenvalue weighted by molar-refractivity contribution is -0.147. The Hall–Kier alpha value is -1.63. The lowest BCUT2D eigenvalue weighted by atomic mass is 9.97. The van der Waals surface area contributed by atoms with E-state index in [1.165, 1.54) is 12.0 Å². The Bertz CT molecular complexity index is 321. The molecule has 0 saturated carbocycles. The van der Waals surface area contributed by atoms with E-state index in [1.54, 1.807) is 0 Å². The van der Waals surface area contributed by atoms with Crippen LogP contribution in [0.2, 0.25) is 0 Å². The lowest BCUT2D eigenvalue weighted by Gasteiger charge is -2.28. The molecule has 1 heterocycles. The number of hydrogen-bond acceptors (Lipinski definition) is 4. The highest BCUT2D eigenvalue weighted by Gasteiger charge is 2.29. The monoisotopic (exact) mass is 258 g/mol. The van der Waals surface area contributed by atoms with Crippen LogP contribution < -0.4 is 5.32 Å². The van der Waals surface area contributed by atoms with E-state index in [2.05, 4.69) is 5.32 Å². The molecular weight excluding hydrogens is 240 g/mol. The summed E-state index contributed by atoms with van der Waals surface area (Å²) in [6, 6.07) is 0. The number of nitrogens with one attached hydrogen (secondary N) is 1. The molecule has 1 fully saturated rings. The van der Waals surface area contributed by atoms with Gasteiger partial charge in [-0.2, -0.15) is 0 Å². The molecule has 2 amide bonds. The third kappa shape index (κ3) is 4.33. The number of carboxylic acids is 1. The van der Waals surface area contributed by atoms with Crippen molar-refractivity contribution in [1.82, 2.24) is 10.2 Å². The number of nitrogens with zero attached hydrogens (tertiary/aromatic N) is 1. The van der Waals surface area contributed by atoms with Crippen LogP contribution >= 0.6 is 0 Å². The van der Waals surface area contributed by atoms with Gasteiger partial charge in [-0.3, -0.25) is 14.4 Å². The van der Waals surface area contributed by atoms with Crippen LogP contribution in [-0.2, 0) is 19.1 Å². The topological polar surface area (TPSA) is 95.9 Å². The number of hydrogen-bond donors (Lipinski definition) is 2. The van der Waals surface area contributed by atoms with Crippen LogP contribution in [-0.4, -0.2) is 61.1 Å². The molecule has 0 aromatic carbocycles. The average molecular weight is 258 g/mol. The Balaban J connectivity index is 2.56. The van der Waals surface area contributed by atoms with E-state index < -0.39 is 5.97 Å². The summed E-state index contributed by atoms with van der Waals surface area (Å²) < 4.78 is 4.85. The van der Waals surface area contributed by atoms with Gasteiger partial charge in [0.05, 0.1) is 12.5 Å². The minimum atomic E-state index is -1.06. The van der Waals surface area contributed by atoms with Gasteiger partial charge in [0.1, 0.15) is 6.54 Å². The molecule has 1 aliphatic rings. The minimum Gasteiger partial charge on any atom is -0.480 e. The first-order chi connectivity index (χ1) is 8.54. The molecule has 0 bridgehead atoms. The summed E-state index contributed by atoms with van der Waals surface area (Å²) in [4.78, 5) is 35.1. The van der Waals surface area contributed by atoms with Crippen molar-refractivity contribution in [2.24, 2.45) is 5.92 Å². The molecule has 1 rings (SSSR count). The SMILES string of the molecule is COCCN(CC(=O)O)C(=O)C1CCC(=O)NC1. The summed E-state index contributed by atoms with van der Waals surface area (Å²) in [5.41, 5.74) is 0. The number of carboxylic acid groups (broad SMARTS) is 1. The van der Waals surface area contributed by atoms with E-state index >= 15 is 0 Å². The fourth-order valence-electron chi connectivity index (χ4n) is 1.83. The Morgan fingerprint density at radius 2 is 2.28 bits per heavy atom. The molecule has 1 unspecified atom stereocenters. The quantitative estimate of drug-likeness (QED) is 0.642. The van der Waals surface area contributed by atoms with Gasteiger partial charge in [-0.1, -0.05) is 0 Å². The fourth-order valence-corrected chi connectivity index (χ4v) is 1.83. The third-order valence-electron chi connectivity index (χ3n) is 2.82. The van der Waals surface area contributed by atoms with Gasteiger partial charge in [-0.25, -0.2) is 0 Å². The van der Waals surface area contributed by atoms with Crippen LogP contribution in [0.4, 0.5) is 0 Å². The van der Waals surface area contributed by atoms with Crippen molar-refractivity contribution in [3.05, 3.63) is 0 Å². The molecule has 18 heavy (non-hydrogen) atoms. The van der Waals surface area contributed by atoms with Crippen molar-refractivity contribution in [3.8, 4) is 0 Å². The number of methoxy groups -OCH3 is 1. The van der Waals surface area contributed by atoms with Crippen LogP contribution in [0.1, 0.15) is 12.8 Å². The molecule has 7 nitrogen and oxygen atoms in total. The summed E-state index contributed by atoms with van der Waals surface area (Å²) in [5, 5.41) is 11.4. The molecule has 1 atom stereocenters.